The normalized spacial score (nSPS) is 23.1. The lowest BCUT2D eigenvalue weighted by atomic mass is 10.1. The fourth-order valence-electron chi connectivity index (χ4n) is 4.30. The third-order valence-corrected chi connectivity index (χ3v) is 7.79. The quantitative estimate of drug-likeness (QED) is 0.317. The maximum absolute atomic E-state index is 13.6. The largest absolute Gasteiger partial charge is 0.458 e. The number of hydrogen-bond acceptors (Lipinski definition) is 6. The molecule has 35 heavy (non-hydrogen) atoms. The Morgan fingerprint density at radius 2 is 1.86 bits per heavy atom. The number of carbonyl (C=O) groups excluding carboxylic acids is 1. The molecule has 12 heteroatoms. The van der Waals surface area contributed by atoms with Crippen LogP contribution >= 0.6 is 11.3 Å². The van der Waals surface area contributed by atoms with Gasteiger partial charge in [-0.1, -0.05) is 42.4 Å². The number of halogens is 3. The molecule has 2 heterocycles. The Labute approximate surface area is 206 Å². The van der Waals surface area contributed by atoms with Crippen LogP contribution in [0.1, 0.15) is 44.9 Å². The Kier molecular flexibility index (Phi) is 6.35. The lowest BCUT2D eigenvalue weighted by molar-refractivity contribution is -0.158. The molecule has 188 valence electrons. The van der Waals surface area contributed by atoms with Crippen LogP contribution in [0.5, 0.6) is 0 Å². The number of benzene rings is 1. The summed E-state index contributed by atoms with van der Waals surface area (Å²) in [4.78, 5) is 13.9. The van der Waals surface area contributed by atoms with Crippen LogP contribution in [0.15, 0.2) is 53.1 Å². The molecule has 0 amide bonds. The van der Waals surface area contributed by atoms with Crippen molar-refractivity contribution in [1.29, 1.82) is 0 Å². The average molecular weight is 529 g/mol. The predicted molar refractivity (Wildman–Crippen MR) is 125 cm³/mol. The molecule has 4 rings (SSSR count). The van der Waals surface area contributed by atoms with E-state index in [2.05, 4.69) is 9.68 Å². The number of nitrogens with zero attached hydrogens (tertiary/aromatic N) is 2. The molecular formula is C23H23F3N2O5S2. The molecule has 0 radical (unpaired) electrons. The van der Waals surface area contributed by atoms with Crippen molar-refractivity contribution in [1.82, 2.24) is 5.16 Å². The highest BCUT2D eigenvalue weighted by Gasteiger charge is 2.74. The first-order valence-corrected chi connectivity index (χ1v) is 12.5. The molecule has 1 aliphatic rings. The van der Waals surface area contributed by atoms with Gasteiger partial charge in [0.25, 0.3) is 11.3 Å². The highest BCUT2D eigenvalue weighted by molar-refractivity contribution is 7.81. The van der Waals surface area contributed by atoms with Crippen LogP contribution in [-0.2, 0) is 27.0 Å². The Morgan fingerprint density at radius 1 is 1.20 bits per heavy atom. The van der Waals surface area contributed by atoms with Gasteiger partial charge < -0.3 is 9.26 Å². The maximum Gasteiger partial charge on any atom is 0.452 e. The van der Waals surface area contributed by atoms with Crippen molar-refractivity contribution in [3.8, 4) is 10.6 Å². The highest BCUT2D eigenvalue weighted by atomic mass is 32.2. The molecule has 0 saturated heterocycles. The molecular weight excluding hydrogens is 505 g/mol. The summed E-state index contributed by atoms with van der Waals surface area (Å²) in [6.07, 6.45) is -4.70. The van der Waals surface area contributed by atoms with Crippen LogP contribution in [0.4, 0.5) is 18.2 Å². The zero-order chi connectivity index (χ0) is 25.8. The predicted octanol–water partition coefficient (Wildman–Crippen LogP) is 5.88. The average Bonchev–Trinajstić information content (AvgIpc) is 3.14. The number of rotatable bonds is 6. The van der Waals surface area contributed by atoms with Crippen LogP contribution in [0, 0.1) is 5.92 Å². The minimum atomic E-state index is -4.70. The zero-order valence-corrected chi connectivity index (χ0v) is 20.8. The Morgan fingerprint density at radius 3 is 2.40 bits per heavy atom. The Balaban J connectivity index is 1.78. The van der Waals surface area contributed by atoms with Crippen molar-refractivity contribution in [3.63, 3.8) is 0 Å². The second-order valence-electron chi connectivity index (χ2n) is 9.24. The molecule has 4 atom stereocenters. The molecule has 1 aliphatic carbocycles. The van der Waals surface area contributed by atoms with E-state index < -0.39 is 52.1 Å². The number of hydrogen-bond donors (Lipinski definition) is 1. The van der Waals surface area contributed by atoms with Gasteiger partial charge in [-0.3, -0.25) is 4.55 Å². The van der Waals surface area contributed by atoms with Crippen LogP contribution < -0.4 is 4.31 Å². The first-order valence-electron chi connectivity index (χ1n) is 10.6. The summed E-state index contributed by atoms with van der Waals surface area (Å²) in [5.74, 6) is -2.77. The van der Waals surface area contributed by atoms with Crippen LogP contribution in [-0.4, -0.2) is 31.0 Å². The Bertz CT molecular complexity index is 1250. The van der Waals surface area contributed by atoms with Crippen molar-refractivity contribution in [2.45, 2.75) is 50.9 Å². The van der Waals surface area contributed by atoms with Gasteiger partial charge in [0.15, 0.2) is 5.54 Å². The minimum Gasteiger partial charge on any atom is -0.458 e. The number of esters is 1. The number of ether oxygens (including phenoxy) is 1. The minimum absolute atomic E-state index is 0.0768. The van der Waals surface area contributed by atoms with E-state index in [0.717, 1.165) is 27.3 Å². The van der Waals surface area contributed by atoms with Crippen molar-refractivity contribution in [3.05, 3.63) is 59.9 Å². The van der Waals surface area contributed by atoms with Crippen molar-refractivity contribution in [2.75, 3.05) is 4.31 Å². The first kappa shape index (κ1) is 25.4. The summed E-state index contributed by atoms with van der Waals surface area (Å²) in [6.45, 7) is 6.91. The van der Waals surface area contributed by atoms with E-state index in [1.807, 2.05) is 30.3 Å². The molecule has 7 nitrogen and oxygen atoms in total. The van der Waals surface area contributed by atoms with Gasteiger partial charge >= 0.3 is 12.1 Å². The molecule has 0 bridgehead atoms. The number of anilines is 1. The number of alkyl halides is 3. The topological polar surface area (TPSA) is 92.9 Å². The van der Waals surface area contributed by atoms with E-state index >= 15 is 0 Å². The van der Waals surface area contributed by atoms with Gasteiger partial charge in [0, 0.05) is 17.9 Å². The van der Waals surface area contributed by atoms with Crippen molar-refractivity contribution < 1.29 is 36.0 Å². The summed E-state index contributed by atoms with van der Waals surface area (Å²) >= 11 is -1.74. The van der Waals surface area contributed by atoms with E-state index in [1.54, 1.807) is 27.7 Å². The zero-order valence-electron chi connectivity index (χ0n) is 19.2. The van der Waals surface area contributed by atoms with E-state index in [9.17, 15) is 26.7 Å². The molecule has 3 aromatic rings. The van der Waals surface area contributed by atoms with E-state index in [0.29, 0.717) is 0 Å². The fraction of sp³-hybridized carbons (Fsp3) is 0.391. The molecule has 2 aromatic heterocycles. The summed E-state index contributed by atoms with van der Waals surface area (Å²) in [5.41, 5.74) is -1.64. The van der Waals surface area contributed by atoms with Gasteiger partial charge in [0.1, 0.15) is 16.3 Å². The number of carbonyl (C=O) groups is 1. The summed E-state index contributed by atoms with van der Waals surface area (Å²) in [5, 5.41) is 3.68. The molecule has 1 aromatic carbocycles. The monoisotopic (exact) mass is 528 g/mol. The van der Waals surface area contributed by atoms with Crippen molar-refractivity contribution >= 4 is 33.6 Å². The summed E-state index contributed by atoms with van der Waals surface area (Å²) < 4.78 is 73.1. The second kappa shape index (κ2) is 8.75. The van der Waals surface area contributed by atoms with Crippen molar-refractivity contribution in [2.24, 2.45) is 5.92 Å². The van der Waals surface area contributed by atoms with Gasteiger partial charge in [-0.25, -0.2) is 13.3 Å². The van der Waals surface area contributed by atoms with Gasteiger partial charge in [-0.05, 0) is 38.5 Å². The molecule has 1 N–H and O–H groups in total. The maximum atomic E-state index is 13.6. The van der Waals surface area contributed by atoms with Crippen LogP contribution in [0.25, 0.3) is 10.6 Å². The molecule has 4 unspecified atom stereocenters. The van der Waals surface area contributed by atoms with E-state index in [1.165, 1.54) is 12.1 Å². The fourth-order valence-corrected chi connectivity index (χ4v) is 6.36. The Hall–Kier alpha value is -2.70. The lowest BCUT2D eigenvalue weighted by Crippen LogP contribution is -2.49. The highest BCUT2D eigenvalue weighted by Crippen LogP contribution is 2.63. The summed E-state index contributed by atoms with van der Waals surface area (Å²) in [7, 11) is 0. The van der Waals surface area contributed by atoms with E-state index in [4.69, 9.17) is 4.74 Å². The number of thiophene rings is 1. The second-order valence-corrected chi connectivity index (χ2v) is 11.1. The van der Waals surface area contributed by atoms with E-state index in [-0.39, 0.29) is 15.6 Å². The van der Waals surface area contributed by atoms with Crippen LogP contribution in [0.2, 0.25) is 0 Å². The summed E-state index contributed by atoms with van der Waals surface area (Å²) in [6, 6.07) is 12.8. The number of aromatic nitrogens is 1. The molecule has 1 saturated carbocycles. The smallest absolute Gasteiger partial charge is 0.452 e. The molecule has 0 spiro atoms. The lowest BCUT2D eigenvalue weighted by Gasteiger charge is -2.32. The molecule has 1 fully saturated rings. The van der Waals surface area contributed by atoms with Gasteiger partial charge in [-0.2, -0.15) is 13.2 Å². The first-order chi connectivity index (χ1) is 16.3. The molecule has 0 aliphatic heterocycles. The third-order valence-electron chi connectivity index (χ3n) is 5.77. The van der Waals surface area contributed by atoms with Gasteiger partial charge in [-0.15, -0.1) is 11.3 Å². The SMILES string of the molecule is CC1C(c2ccccc2)C1(C(=O)OC(C)(C)C)N(c1ccc(-c2cc(C(F)(F)F)on2)s1)S(=O)O. The van der Waals surface area contributed by atoms with Gasteiger partial charge in [0.05, 0.1) is 4.88 Å². The third kappa shape index (κ3) is 4.62. The van der Waals surface area contributed by atoms with Crippen LogP contribution in [0.3, 0.4) is 0 Å². The standard InChI is InChI=1S/C23H23F3N2O5S2/c1-13-19(14-8-6-5-7-9-14)22(13,20(29)32-21(2,3)4)28(35(30)31)18-11-10-16(34-18)15-12-17(33-27-15)23(24,25)26/h5-13,19H,1-4H3,(H,30,31). The van der Waals surface area contributed by atoms with Gasteiger partial charge in [0.2, 0.25) is 5.76 Å².